The van der Waals surface area contributed by atoms with Crippen molar-refractivity contribution >= 4 is 28.9 Å². The van der Waals surface area contributed by atoms with E-state index in [-0.39, 0.29) is 5.91 Å². The summed E-state index contributed by atoms with van der Waals surface area (Å²) in [4.78, 5) is 29.0. The topological polar surface area (TPSA) is 97.2 Å². The summed E-state index contributed by atoms with van der Waals surface area (Å²) in [6.45, 7) is 5.55. The van der Waals surface area contributed by atoms with Crippen LogP contribution in [0, 0.1) is 19.7 Å². The molecule has 9 nitrogen and oxygen atoms in total. The number of hydrogen-bond acceptors (Lipinski definition) is 7. The van der Waals surface area contributed by atoms with E-state index in [1.54, 1.807) is 26.3 Å². The Hall–Kier alpha value is -4.80. The largest absolute Gasteiger partial charge is 0.481 e. The molecule has 1 aliphatic rings. The quantitative estimate of drug-likeness (QED) is 0.192. The Morgan fingerprint density at radius 2 is 1.76 bits per heavy atom. The van der Waals surface area contributed by atoms with Crippen LogP contribution in [-0.4, -0.2) is 51.0 Å². The third-order valence-corrected chi connectivity index (χ3v) is 8.87. The molecule has 4 heterocycles. The maximum atomic E-state index is 14.4. The first-order chi connectivity index (χ1) is 22.2. The second-order valence-corrected chi connectivity index (χ2v) is 11.8. The molecule has 236 valence electrons. The van der Waals surface area contributed by atoms with Crippen LogP contribution in [0.4, 0.5) is 15.8 Å². The number of amides is 1. The van der Waals surface area contributed by atoms with E-state index in [1.165, 1.54) is 0 Å². The summed E-state index contributed by atoms with van der Waals surface area (Å²) in [7, 11) is 5.50. The number of imidazole rings is 1. The van der Waals surface area contributed by atoms with Crippen molar-refractivity contribution in [1.82, 2.24) is 24.4 Å². The van der Waals surface area contributed by atoms with Gasteiger partial charge in [-0.1, -0.05) is 41.9 Å². The molecule has 5 aromatic rings. The second kappa shape index (κ2) is 12.9. The number of carbonyl (C=O) groups is 1. The van der Waals surface area contributed by atoms with Gasteiger partial charge in [0.05, 0.1) is 34.9 Å². The molecule has 46 heavy (non-hydrogen) atoms. The van der Waals surface area contributed by atoms with Gasteiger partial charge >= 0.3 is 0 Å². The van der Waals surface area contributed by atoms with E-state index in [1.807, 2.05) is 67.1 Å². The lowest BCUT2D eigenvalue weighted by Crippen LogP contribution is -2.27. The number of nitrogens with one attached hydrogen (secondary N) is 2. The molecule has 0 atom stereocenters. The minimum absolute atomic E-state index is 0.257. The lowest BCUT2D eigenvalue weighted by atomic mass is 9.96. The number of aromatic nitrogens is 4. The van der Waals surface area contributed by atoms with Gasteiger partial charge in [-0.3, -0.25) is 9.78 Å². The molecule has 0 spiro atoms. The maximum Gasteiger partial charge on any atom is 0.291 e. The Morgan fingerprint density at radius 1 is 1.00 bits per heavy atom. The standard InChI is InChI=1S/C35H35ClFN7O2/c1-20-23(8-7-11-26(20)41-34(45)33-40-29-19-43(3)17-15-30(29)44(33)4)24-9-6-10-25(31(24)36)27-13-12-22(35(42-27)46-5)18-39-28-14-16-38-21(2)32(28)37/h6-14,16H,15,17-19H2,1-5H3,(H,38,39)(H,41,45). The number of anilines is 2. The summed E-state index contributed by atoms with van der Waals surface area (Å²) in [6.07, 6.45) is 2.42. The van der Waals surface area contributed by atoms with Crippen LogP contribution in [0.1, 0.15) is 38.8 Å². The molecule has 2 N–H and O–H groups in total. The minimum atomic E-state index is -0.392. The number of benzene rings is 2. The number of carbonyl (C=O) groups excluding carboxylic acids is 1. The van der Waals surface area contributed by atoms with E-state index in [2.05, 4.69) is 32.5 Å². The van der Waals surface area contributed by atoms with Gasteiger partial charge in [-0.05, 0) is 56.3 Å². The van der Waals surface area contributed by atoms with E-state index < -0.39 is 5.82 Å². The fraction of sp³-hybridized carbons (Fsp3) is 0.257. The molecule has 0 saturated heterocycles. The molecule has 0 bridgehead atoms. The number of rotatable bonds is 8. The Bertz CT molecular complexity index is 1960. The predicted octanol–water partition coefficient (Wildman–Crippen LogP) is 6.81. The number of halogens is 2. The average Bonchev–Trinajstić information content (AvgIpc) is 3.38. The molecule has 0 fully saturated rings. The molecule has 2 aromatic carbocycles. The minimum Gasteiger partial charge on any atom is -0.481 e. The van der Waals surface area contributed by atoms with Crippen molar-refractivity contribution in [1.29, 1.82) is 0 Å². The smallest absolute Gasteiger partial charge is 0.291 e. The summed E-state index contributed by atoms with van der Waals surface area (Å²) >= 11 is 7.06. The highest BCUT2D eigenvalue weighted by molar-refractivity contribution is 6.36. The van der Waals surface area contributed by atoms with E-state index in [0.29, 0.717) is 46.0 Å². The first-order valence-corrected chi connectivity index (χ1v) is 15.4. The fourth-order valence-corrected chi connectivity index (χ4v) is 6.17. The van der Waals surface area contributed by atoms with Crippen molar-refractivity contribution < 1.29 is 13.9 Å². The third-order valence-electron chi connectivity index (χ3n) is 8.46. The number of aryl methyl sites for hydroxylation is 1. The number of hydrogen-bond donors (Lipinski definition) is 2. The van der Waals surface area contributed by atoms with Gasteiger partial charge in [0, 0.05) is 67.4 Å². The molecule has 6 rings (SSSR count). The van der Waals surface area contributed by atoms with Crippen molar-refractivity contribution in [2.75, 3.05) is 31.3 Å². The van der Waals surface area contributed by atoms with Gasteiger partial charge in [0.25, 0.3) is 5.91 Å². The Labute approximate surface area is 272 Å². The van der Waals surface area contributed by atoms with Crippen LogP contribution in [-0.2, 0) is 26.6 Å². The van der Waals surface area contributed by atoms with Gasteiger partial charge in [-0.25, -0.2) is 14.4 Å². The zero-order valence-corrected chi connectivity index (χ0v) is 27.2. The number of nitrogens with zero attached hydrogens (tertiary/aromatic N) is 5. The number of likely N-dealkylation sites (N-methyl/N-ethyl adjacent to an activating group) is 1. The monoisotopic (exact) mass is 639 g/mol. The molecule has 1 amide bonds. The molecule has 0 unspecified atom stereocenters. The van der Waals surface area contributed by atoms with Crippen molar-refractivity contribution in [2.45, 2.75) is 33.4 Å². The van der Waals surface area contributed by atoms with Crippen LogP contribution in [0.2, 0.25) is 5.02 Å². The van der Waals surface area contributed by atoms with Gasteiger partial charge in [0.15, 0.2) is 11.6 Å². The van der Waals surface area contributed by atoms with Crippen molar-refractivity contribution in [2.24, 2.45) is 7.05 Å². The summed E-state index contributed by atoms with van der Waals surface area (Å²) in [6, 6.07) is 16.9. The second-order valence-electron chi connectivity index (χ2n) is 11.5. The van der Waals surface area contributed by atoms with Gasteiger partial charge in [-0.2, -0.15) is 0 Å². The SMILES string of the molecule is COc1nc(-c2cccc(-c3cccc(NC(=O)c4nc5c(n4C)CCN(C)C5)c3C)c2Cl)ccc1CNc1ccnc(C)c1F. The molecule has 0 saturated carbocycles. The number of fused-ring (bicyclic) bond motifs is 1. The first kappa shape index (κ1) is 31.2. The highest BCUT2D eigenvalue weighted by Crippen LogP contribution is 2.39. The normalized spacial score (nSPS) is 12.9. The predicted molar refractivity (Wildman–Crippen MR) is 179 cm³/mol. The number of methoxy groups -OCH3 is 1. The molecule has 0 aliphatic carbocycles. The number of ether oxygens (including phenoxy) is 1. The lowest BCUT2D eigenvalue weighted by Gasteiger charge is -2.21. The highest BCUT2D eigenvalue weighted by Gasteiger charge is 2.25. The molecule has 0 radical (unpaired) electrons. The van der Waals surface area contributed by atoms with Crippen molar-refractivity contribution in [3.63, 3.8) is 0 Å². The Kier molecular flexibility index (Phi) is 8.75. The third kappa shape index (κ3) is 5.93. The molecular weight excluding hydrogens is 605 g/mol. The van der Waals surface area contributed by atoms with Crippen LogP contribution in [0.25, 0.3) is 22.4 Å². The van der Waals surface area contributed by atoms with Gasteiger partial charge in [0.2, 0.25) is 5.88 Å². The van der Waals surface area contributed by atoms with Gasteiger partial charge in [0.1, 0.15) is 0 Å². The molecular formula is C35H35ClFN7O2. The zero-order valence-electron chi connectivity index (χ0n) is 26.4. The molecule has 3 aromatic heterocycles. The zero-order chi connectivity index (χ0) is 32.5. The van der Waals surface area contributed by atoms with E-state index in [0.717, 1.165) is 58.7 Å². The first-order valence-electron chi connectivity index (χ1n) is 15.0. The van der Waals surface area contributed by atoms with E-state index in [4.69, 9.17) is 21.3 Å². The van der Waals surface area contributed by atoms with Gasteiger partial charge < -0.3 is 24.8 Å². The van der Waals surface area contributed by atoms with E-state index >= 15 is 0 Å². The summed E-state index contributed by atoms with van der Waals surface area (Å²) in [5, 5.41) is 6.69. The summed E-state index contributed by atoms with van der Waals surface area (Å²) < 4.78 is 22.0. The highest BCUT2D eigenvalue weighted by atomic mass is 35.5. The van der Waals surface area contributed by atoms with Crippen LogP contribution in [0.5, 0.6) is 5.88 Å². The van der Waals surface area contributed by atoms with E-state index in [9.17, 15) is 9.18 Å². The average molecular weight is 640 g/mol. The van der Waals surface area contributed by atoms with Crippen LogP contribution >= 0.6 is 11.6 Å². The molecule has 11 heteroatoms. The lowest BCUT2D eigenvalue weighted by molar-refractivity contribution is 0.101. The summed E-state index contributed by atoms with van der Waals surface area (Å²) in [5.41, 5.74) is 8.08. The Balaban J connectivity index is 1.26. The van der Waals surface area contributed by atoms with Crippen molar-refractivity contribution in [3.05, 3.63) is 106 Å². The number of pyridine rings is 2. The maximum absolute atomic E-state index is 14.4. The van der Waals surface area contributed by atoms with Crippen LogP contribution < -0.4 is 15.4 Å². The van der Waals surface area contributed by atoms with Crippen LogP contribution in [0.15, 0.2) is 60.8 Å². The fourth-order valence-electron chi connectivity index (χ4n) is 5.85. The van der Waals surface area contributed by atoms with Gasteiger partial charge in [-0.15, -0.1) is 0 Å². The Morgan fingerprint density at radius 3 is 2.57 bits per heavy atom. The van der Waals surface area contributed by atoms with Crippen LogP contribution in [0.3, 0.4) is 0 Å². The summed E-state index contributed by atoms with van der Waals surface area (Å²) in [5.74, 6) is 0.148. The molecule has 1 aliphatic heterocycles. The van der Waals surface area contributed by atoms with Crippen molar-refractivity contribution in [3.8, 4) is 28.3 Å².